The molecule has 0 aromatic rings. The summed E-state index contributed by atoms with van der Waals surface area (Å²) in [6.07, 6.45) is 20.4. The number of hydrogen-bond acceptors (Lipinski definition) is 2. The molecule has 0 bridgehead atoms. The van der Waals surface area contributed by atoms with Gasteiger partial charge in [-0.1, -0.05) is 0 Å². The van der Waals surface area contributed by atoms with Crippen molar-refractivity contribution in [1.29, 1.82) is 0 Å². The minimum absolute atomic E-state index is 0.683. The highest BCUT2D eigenvalue weighted by Crippen LogP contribution is 2.17. The average Bonchev–Trinajstić information content (AvgIpc) is 3.13. The first-order chi connectivity index (χ1) is 9.74. The molecule has 2 aliphatic rings. The lowest BCUT2D eigenvalue weighted by molar-refractivity contribution is -0.722. The smallest absolute Gasteiger partial charge is 0.199 e. The van der Waals surface area contributed by atoms with Crippen LogP contribution >= 0.6 is 0 Å². The lowest BCUT2D eigenvalue weighted by Crippen LogP contribution is -2.34. The molecular formula is C16H24N4+2. The summed E-state index contributed by atoms with van der Waals surface area (Å²) in [5.74, 6) is 0. The van der Waals surface area contributed by atoms with Crippen LogP contribution in [-0.2, 0) is 0 Å². The normalized spacial score (nSPS) is 30.2. The fourth-order valence-electron chi connectivity index (χ4n) is 2.52. The van der Waals surface area contributed by atoms with Crippen LogP contribution in [0.5, 0.6) is 0 Å². The Bertz CT molecular complexity index is 403. The molecule has 4 heteroatoms. The number of aliphatic imine (C=N–C) groups is 2. The first-order valence-corrected chi connectivity index (χ1v) is 7.20. The van der Waals surface area contributed by atoms with Crippen molar-refractivity contribution in [2.75, 3.05) is 13.1 Å². The zero-order chi connectivity index (χ0) is 14.3. The summed E-state index contributed by atoms with van der Waals surface area (Å²) in [5.41, 5.74) is 0. The molecule has 0 aliphatic carbocycles. The van der Waals surface area contributed by atoms with Gasteiger partial charge in [-0.15, -0.1) is 0 Å². The third-order valence-electron chi connectivity index (χ3n) is 3.94. The Morgan fingerprint density at radius 1 is 0.750 bits per heavy atom. The molecule has 2 aliphatic heterocycles. The van der Waals surface area contributed by atoms with Gasteiger partial charge in [-0.25, -0.2) is 19.0 Å². The lowest BCUT2D eigenvalue weighted by atomic mass is 10.1. The summed E-state index contributed by atoms with van der Waals surface area (Å²) in [5, 5.41) is 0. The van der Waals surface area contributed by atoms with Crippen LogP contribution < -0.4 is 0 Å². The number of rotatable bonds is 9. The number of quaternary nitrogens is 2. The van der Waals surface area contributed by atoms with E-state index in [-0.39, 0.29) is 0 Å². The molecule has 0 N–H and O–H groups in total. The van der Waals surface area contributed by atoms with Gasteiger partial charge in [0, 0.05) is 0 Å². The lowest BCUT2D eigenvalue weighted by Gasteiger charge is -2.23. The molecule has 0 aromatic carbocycles. The van der Waals surface area contributed by atoms with E-state index in [9.17, 15) is 0 Å². The third kappa shape index (κ3) is 3.40. The van der Waals surface area contributed by atoms with Gasteiger partial charge in [-0.2, -0.15) is 0 Å². The minimum atomic E-state index is 0.683. The summed E-state index contributed by atoms with van der Waals surface area (Å²) in [7, 11) is 0. The van der Waals surface area contributed by atoms with Crippen LogP contribution in [-0.4, -0.2) is 34.7 Å². The maximum Gasteiger partial charge on any atom is 0.199 e. The second-order valence-corrected chi connectivity index (χ2v) is 5.34. The van der Waals surface area contributed by atoms with Gasteiger partial charge in [0.15, 0.2) is 12.7 Å². The fraction of sp³-hybridized carbons (Fsp3) is 0.375. The second-order valence-electron chi connectivity index (χ2n) is 5.34. The molecule has 0 spiro atoms. The van der Waals surface area contributed by atoms with E-state index in [4.69, 9.17) is 0 Å². The van der Waals surface area contributed by atoms with Crippen molar-refractivity contribution in [3.63, 3.8) is 0 Å². The van der Waals surface area contributed by atoms with Gasteiger partial charge in [-0.3, -0.25) is 0 Å². The van der Waals surface area contributed by atoms with E-state index in [1.165, 1.54) is 25.7 Å². The monoisotopic (exact) mass is 272 g/mol. The predicted molar refractivity (Wildman–Crippen MR) is 84.4 cm³/mol. The zero-order valence-corrected chi connectivity index (χ0v) is 12.1. The molecule has 0 amide bonds. The Labute approximate surface area is 121 Å². The maximum absolute atomic E-state index is 4.16. The van der Waals surface area contributed by atoms with Crippen molar-refractivity contribution < 1.29 is 8.97 Å². The van der Waals surface area contributed by atoms with Crippen LogP contribution in [0.15, 0.2) is 60.3 Å². The molecule has 2 rings (SSSR count). The highest BCUT2D eigenvalue weighted by Gasteiger charge is 2.23. The van der Waals surface area contributed by atoms with Crippen LogP contribution in [0.3, 0.4) is 0 Å². The van der Waals surface area contributed by atoms with E-state index in [0.29, 0.717) is 8.97 Å². The van der Waals surface area contributed by atoms with Crippen molar-refractivity contribution in [3.05, 3.63) is 50.4 Å². The van der Waals surface area contributed by atoms with Gasteiger partial charge in [-0.05, 0) is 38.8 Å². The van der Waals surface area contributed by atoms with Crippen molar-refractivity contribution >= 4 is 12.7 Å². The fourth-order valence-corrected chi connectivity index (χ4v) is 2.52. The Kier molecular flexibility index (Phi) is 4.82. The van der Waals surface area contributed by atoms with E-state index in [1.807, 2.05) is 37.5 Å². The van der Waals surface area contributed by atoms with Gasteiger partial charge in [0.2, 0.25) is 0 Å². The second kappa shape index (κ2) is 6.59. The molecule has 0 fully saturated rings. The highest BCUT2D eigenvalue weighted by atomic mass is 15.4. The molecule has 2 heterocycles. The standard InChI is InChI=1S/C16H24N4/c1-3-19(13-9-17-15-19)11-7-5-6-8-12-20(4-2)14-10-18-16-20/h3-4,9-10,13-16H,1-2,5-8,11-12H2/q+2. The first-order valence-electron chi connectivity index (χ1n) is 7.20. The molecule has 2 unspecified atom stereocenters. The molecule has 20 heavy (non-hydrogen) atoms. The van der Waals surface area contributed by atoms with E-state index >= 15 is 0 Å². The molecule has 0 radical (unpaired) electrons. The molecule has 0 saturated carbocycles. The van der Waals surface area contributed by atoms with E-state index in [0.717, 1.165) is 13.1 Å². The largest absolute Gasteiger partial charge is 0.228 e. The predicted octanol–water partition coefficient (Wildman–Crippen LogP) is 3.49. The van der Waals surface area contributed by atoms with Crippen molar-refractivity contribution in [1.82, 2.24) is 0 Å². The summed E-state index contributed by atoms with van der Waals surface area (Å²) < 4.78 is 1.37. The van der Waals surface area contributed by atoms with Crippen LogP contribution in [0, 0.1) is 0 Å². The van der Waals surface area contributed by atoms with E-state index in [2.05, 4.69) is 35.5 Å². The highest BCUT2D eigenvalue weighted by molar-refractivity contribution is 5.52. The summed E-state index contributed by atoms with van der Waals surface area (Å²) in [6, 6.07) is 0. The van der Waals surface area contributed by atoms with Gasteiger partial charge in [0.25, 0.3) is 0 Å². The first kappa shape index (κ1) is 14.6. The third-order valence-corrected chi connectivity index (χ3v) is 3.94. The van der Waals surface area contributed by atoms with Crippen LogP contribution in [0.2, 0.25) is 0 Å². The minimum Gasteiger partial charge on any atom is -0.228 e. The van der Waals surface area contributed by atoms with Crippen molar-refractivity contribution in [2.24, 2.45) is 9.98 Å². The molecule has 0 saturated heterocycles. The van der Waals surface area contributed by atoms with Gasteiger partial charge in [0.05, 0.1) is 37.9 Å². The molecule has 106 valence electrons. The van der Waals surface area contributed by atoms with Crippen molar-refractivity contribution in [3.8, 4) is 0 Å². The summed E-state index contributed by atoms with van der Waals surface area (Å²) in [4.78, 5) is 8.31. The molecular weight excluding hydrogens is 248 g/mol. The Balaban J connectivity index is 1.63. The summed E-state index contributed by atoms with van der Waals surface area (Å²) in [6.45, 7) is 9.89. The SMILES string of the molecule is C=C[N+]1(CCCCCC[N+]2(C=C)C=CN=C2)C=CN=C1. The summed E-state index contributed by atoms with van der Waals surface area (Å²) >= 11 is 0. The van der Waals surface area contributed by atoms with Crippen LogP contribution in [0.4, 0.5) is 0 Å². The number of hydrogen-bond donors (Lipinski definition) is 0. The maximum atomic E-state index is 4.16. The van der Waals surface area contributed by atoms with Gasteiger partial charge < -0.3 is 0 Å². The molecule has 4 nitrogen and oxygen atoms in total. The van der Waals surface area contributed by atoms with Crippen LogP contribution in [0.25, 0.3) is 0 Å². The molecule has 0 aromatic heterocycles. The van der Waals surface area contributed by atoms with E-state index in [1.54, 1.807) is 0 Å². The van der Waals surface area contributed by atoms with Gasteiger partial charge >= 0.3 is 0 Å². The van der Waals surface area contributed by atoms with Crippen molar-refractivity contribution in [2.45, 2.75) is 25.7 Å². The van der Waals surface area contributed by atoms with Crippen LogP contribution in [0.1, 0.15) is 25.7 Å². The Morgan fingerprint density at radius 3 is 1.50 bits per heavy atom. The van der Waals surface area contributed by atoms with Gasteiger partial charge in [0.1, 0.15) is 12.4 Å². The quantitative estimate of drug-likeness (QED) is 0.453. The Hall–Kier alpha value is -1.78. The number of unbranched alkanes of at least 4 members (excludes halogenated alkanes) is 3. The van der Waals surface area contributed by atoms with E-state index < -0.39 is 0 Å². The Morgan fingerprint density at radius 2 is 1.20 bits per heavy atom. The number of nitrogens with zero attached hydrogens (tertiary/aromatic N) is 4. The topological polar surface area (TPSA) is 24.7 Å². The average molecular weight is 272 g/mol. The zero-order valence-electron chi connectivity index (χ0n) is 12.1. The molecule has 2 atom stereocenters.